The van der Waals surface area contributed by atoms with E-state index >= 15 is 0 Å². The van der Waals surface area contributed by atoms with Crippen molar-refractivity contribution in [3.8, 4) is 0 Å². The monoisotopic (exact) mass is 398 g/mol. The minimum Gasteiger partial charge on any atom is -0.314 e. The summed E-state index contributed by atoms with van der Waals surface area (Å²) < 4.78 is 78.1. The van der Waals surface area contributed by atoms with Gasteiger partial charge in [0.05, 0.1) is 11.1 Å². The Hall–Kier alpha value is -1.36. The van der Waals surface area contributed by atoms with Crippen molar-refractivity contribution in [2.24, 2.45) is 0 Å². The second kappa shape index (κ2) is 9.72. The normalized spacial score (nSPS) is 19.3. The van der Waals surface area contributed by atoms with Crippen LogP contribution >= 0.6 is 0 Å². The van der Waals surface area contributed by atoms with Crippen LogP contribution in [-0.2, 0) is 18.9 Å². The first-order valence-electron chi connectivity index (χ1n) is 8.79. The minimum atomic E-state index is -4.83. The van der Waals surface area contributed by atoms with Crippen LogP contribution < -0.4 is 16.0 Å². The summed E-state index contributed by atoms with van der Waals surface area (Å²) in [6, 6.07) is 1.77. The summed E-state index contributed by atoms with van der Waals surface area (Å²) >= 11 is 0. The highest BCUT2D eigenvalue weighted by Gasteiger charge is 2.36. The van der Waals surface area contributed by atoms with Gasteiger partial charge < -0.3 is 16.0 Å². The predicted molar refractivity (Wildman–Crippen MR) is 90.3 cm³/mol. The zero-order chi connectivity index (χ0) is 19.9. The van der Waals surface area contributed by atoms with Gasteiger partial charge in [0.1, 0.15) is 0 Å². The van der Waals surface area contributed by atoms with Crippen LogP contribution in [0.15, 0.2) is 18.2 Å². The number of nitrogens with zero attached hydrogens (tertiary/aromatic N) is 1. The van der Waals surface area contributed by atoms with Gasteiger partial charge in [-0.1, -0.05) is 0 Å². The molecule has 154 valence electrons. The zero-order valence-corrected chi connectivity index (χ0v) is 14.8. The van der Waals surface area contributed by atoms with Gasteiger partial charge in [0.25, 0.3) is 0 Å². The molecular formula is C17H24F6N4. The molecule has 4 nitrogen and oxygen atoms in total. The molecule has 1 aliphatic heterocycles. The molecule has 0 saturated carbocycles. The van der Waals surface area contributed by atoms with E-state index < -0.39 is 23.5 Å². The number of hydrogen-bond acceptors (Lipinski definition) is 4. The highest BCUT2D eigenvalue weighted by molar-refractivity contribution is 5.33. The van der Waals surface area contributed by atoms with Crippen molar-refractivity contribution < 1.29 is 26.3 Å². The zero-order valence-electron chi connectivity index (χ0n) is 14.8. The Bertz CT molecular complexity index is 544. The van der Waals surface area contributed by atoms with Gasteiger partial charge >= 0.3 is 12.4 Å². The second-order valence-corrected chi connectivity index (χ2v) is 6.44. The summed E-state index contributed by atoms with van der Waals surface area (Å²) in [5.41, 5.74) is -2.54. The fourth-order valence-electron chi connectivity index (χ4n) is 2.84. The van der Waals surface area contributed by atoms with Crippen molar-refractivity contribution in [3.63, 3.8) is 0 Å². The molecule has 1 heterocycles. The maximum atomic E-state index is 13.0. The lowest BCUT2D eigenvalue weighted by atomic mass is 10.0. The van der Waals surface area contributed by atoms with Gasteiger partial charge in [0.2, 0.25) is 0 Å². The molecule has 1 aromatic rings. The quantitative estimate of drug-likeness (QED) is 0.669. The minimum absolute atomic E-state index is 0.00547. The number of alkyl halides is 6. The summed E-state index contributed by atoms with van der Waals surface area (Å²) in [6.07, 6.45) is -9.65. The van der Waals surface area contributed by atoms with E-state index in [1.807, 2.05) is 4.90 Å². The van der Waals surface area contributed by atoms with Crippen LogP contribution in [0, 0.1) is 0 Å². The SMILES string of the molecule is FC(F)(F)c1cc(CN2CCNCCNCCNCC2)cc(C(F)(F)F)c1. The molecule has 0 bridgehead atoms. The Morgan fingerprint density at radius 3 is 1.48 bits per heavy atom. The average Bonchev–Trinajstić information content (AvgIpc) is 2.55. The fraction of sp³-hybridized carbons (Fsp3) is 0.647. The van der Waals surface area contributed by atoms with E-state index in [0.29, 0.717) is 26.2 Å². The Labute approximate surface area is 154 Å². The molecule has 2 rings (SSSR count). The van der Waals surface area contributed by atoms with Crippen molar-refractivity contribution in [1.29, 1.82) is 0 Å². The predicted octanol–water partition coefficient (Wildman–Crippen LogP) is 2.31. The lowest BCUT2D eigenvalue weighted by Gasteiger charge is -2.24. The van der Waals surface area contributed by atoms with Gasteiger partial charge in [-0.3, -0.25) is 4.90 Å². The maximum absolute atomic E-state index is 13.0. The van der Waals surface area contributed by atoms with Crippen LogP contribution in [0.4, 0.5) is 26.3 Å². The number of nitrogens with one attached hydrogen (secondary N) is 3. The Balaban J connectivity index is 2.16. The third kappa shape index (κ3) is 7.65. The molecule has 1 saturated heterocycles. The molecule has 1 fully saturated rings. The van der Waals surface area contributed by atoms with Crippen LogP contribution in [-0.4, -0.2) is 57.3 Å². The third-order valence-electron chi connectivity index (χ3n) is 4.22. The number of rotatable bonds is 2. The maximum Gasteiger partial charge on any atom is 0.416 e. The van der Waals surface area contributed by atoms with Crippen LogP contribution in [0.25, 0.3) is 0 Å². The van der Waals surface area contributed by atoms with Crippen molar-refractivity contribution in [1.82, 2.24) is 20.9 Å². The van der Waals surface area contributed by atoms with Crippen LogP contribution in [0.1, 0.15) is 16.7 Å². The van der Waals surface area contributed by atoms with Gasteiger partial charge in [-0.2, -0.15) is 26.3 Å². The number of hydrogen-bond donors (Lipinski definition) is 3. The van der Waals surface area contributed by atoms with Gasteiger partial charge in [0, 0.05) is 58.9 Å². The molecular weight excluding hydrogens is 374 g/mol. The van der Waals surface area contributed by atoms with E-state index in [1.165, 1.54) is 0 Å². The van der Waals surface area contributed by atoms with Crippen LogP contribution in [0.2, 0.25) is 0 Å². The third-order valence-corrected chi connectivity index (χ3v) is 4.22. The summed E-state index contributed by atoms with van der Waals surface area (Å²) in [4.78, 5) is 1.85. The largest absolute Gasteiger partial charge is 0.416 e. The van der Waals surface area contributed by atoms with Crippen molar-refractivity contribution >= 4 is 0 Å². The van der Waals surface area contributed by atoms with E-state index in [0.717, 1.165) is 38.3 Å². The number of benzene rings is 1. The Morgan fingerprint density at radius 1 is 0.667 bits per heavy atom. The fourth-order valence-corrected chi connectivity index (χ4v) is 2.84. The molecule has 27 heavy (non-hydrogen) atoms. The molecule has 1 aliphatic rings. The summed E-state index contributed by atoms with van der Waals surface area (Å²) in [5.74, 6) is 0. The molecule has 1 aromatic carbocycles. The lowest BCUT2D eigenvalue weighted by molar-refractivity contribution is -0.143. The van der Waals surface area contributed by atoms with Crippen molar-refractivity contribution in [2.45, 2.75) is 18.9 Å². The van der Waals surface area contributed by atoms with E-state index in [-0.39, 0.29) is 18.2 Å². The number of halogens is 6. The van der Waals surface area contributed by atoms with Crippen molar-refractivity contribution in [3.05, 3.63) is 34.9 Å². The van der Waals surface area contributed by atoms with Gasteiger partial charge in [-0.15, -0.1) is 0 Å². The molecule has 0 atom stereocenters. The average molecular weight is 398 g/mol. The first kappa shape index (κ1) is 21.9. The Kier molecular flexibility index (Phi) is 7.90. The molecule has 0 radical (unpaired) electrons. The van der Waals surface area contributed by atoms with E-state index in [2.05, 4.69) is 16.0 Å². The molecule has 10 heteroatoms. The molecule has 0 aliphatic carbocycles. The highest BCUT2D eigenvalue weighted by atomic mass is 19.4. The highest BCUT2D eigenvalue weighted by Crippen LogP contribution is 2.36. The first-order valence-corrected chi connectivity index (χ1v) is 8.79. The topological polar surface area (TPSA) is 39.3 Å². The van der Waals surface area contributed by atoms with Gasteiger partial charge in [0.15, 0.2) is 0 Å². The molecule has 0 aromatic heterocycles. The second-order valence-electron chi connectivity index (χ2n) is 6.44. The van der Waals surface area contributed by atoms with Crippen molar-refractivity contribution in [2.75, 3.05) is 52.4 Å². The Morgan fingerprint density at radius 2 is 1.07 bits per heavy atom. The molecule has 0 spiro atoms. The smallest absolute Gasteiger partial charge is 0.314 e. The van der Waals surface area contributed by atoms with E-state index in [4.69, 9.17) is 0 Å². The van der Waals surface area contributed by atoms with Gasteiger partial charge in [-0.05, 0) is 23.8 Å². The molecule has 0 unspecified atom stereocenters. The van der Waals surface area contributed by atoms with Crippen LogP contribution in [0.5, 0.6) is 0 Å². The molecule has 0 amide bonds. The summed E-state index contributed by atoms with van der Waals surface area (Å²) in [6.45, 7) is 5.37. The standard InChI is InChI=1S/C17H24F6N4/c18-16(19,20)14-9-13(10-15(11-14)17(21,22)23)12-27-7-5-25-3-1-24-2-4-26-6-8-27/h9-11,24-26H,1-8,12H2. The lowest BCUT2D eigenvalue weighted by Crippen LogP contribution is -2.41. The first-order chi connectivity index (χ1) is 12.7. The van der Waals surface area contributed by atoms with Gasteiger partial charge in [-0.25, -0.2) is 0 Å². The molecule has 3 N–H and O–H groups in total. The van der Waals surface area contributed by atoms with E-state index in [9.17, 15) is 26.3 Å². The van der Waals surface area contributed by atoms with Crippen LogP contribution in [0.3, 0.4) is 0 Å². The van der Waals surface area contributed by atoms with E-state index in [1.54, 1.807) is 0 Å². The summed E-state index contributed by atoms with van der Waals surface area (Å²) in [7, 11) is 0. The summed E-state index contributed by atoms with van der Waals surface area (Å²) in [5, 5.41) is 9.65.